The van der Waals surface area contributed by atoms with Crippen LogP contribution in [0.3, 0.4) is 0 Å². The number of halogens is 1. The van der Waals surface area contributed by atoms with Crippen molar-refractivity contribution in [3.63, 3.8) is 0 Å². The molecule has 0 aliphatic heterocycles. The molecule has 0 aliphatic rings. The molecule has 0 saturated carbocycles. The summed E-state index contributed by atoms with van der Waals surface area (Å²) in [5, 5.41) is 6.47. The van der Waals surface area contributed by atoms with Crippen molar-refractivity contribution in [3.8, 4) is 5.75 Å². The zero-order valence-corrected chi connectivity index (χ0v) is 13.5. The number of thiocarbonyl (C=S) groups is 1. The van der Waals surface area contributed by atoms with Crippen LogP contribution >= 0.6 is 23.8 Å². The van der Waals surface area contributed by atoms with Crippen LogP contribution in [0.1, 0.15) is 5.56 Å². The lowest BCUT2D eigenvalue weighted by Crippen LogP contribution is -2.35. The summed E-state index contributed by atoms with van der Waals surface area (Å²) in [4.78, 5) is 11.9. The van der Waals surface area contributed by atoms with E-state index in [1.807, 2.05) is 24.3 Å². The predicted octanol–water partition coefficient (Wildman–Crippen LogP) is 3.40. The van der Waals surface area contributed by atoms with Crippen LogP contribution in [0.15, 0.2) is 48.5 Å². The Kier molecular flexibility index (Phi) is 5.75. The Labute approximate surface area is 139 Å². The van der Waals surface area contributed by atoms with Gasteiger partial charge in [-0.15, -0.1) is 0 Å². The minimum Gasteiger partial charge on any atom is -0.497 e. The molecule has 0 aromatic heterocycles. The Bertz CT molecular complexity index is 657. The molecule has 0 bridgehead atoms. The summed E-state index contributed by atoms with van der Waals surface area (Å²) in [6.07, 6.45) is 0.238. The Hall–Kier alpha value is -2.11. The van der Waals surface area contributed by atoms with Gasteiger partial charge in [0.15, 0.2) is 5.11 Å². The molecule has 0 saturated heterocycles. The van der Waals surface area contributed by atoms with Crippen LogP contribution in [0.4, 0.5) is 5.69 Å². The van der Waals surface area contributed by atoms with Gasteiger partial charge in [-0.1, -0.05) is 23.7 Å². The van der Waals surface area contributed by atoms with Crippen LogP contribution in [0.5, 0.6) is 5.75 Å². The van der Waals surface area contributed by atoms with Crippen molar-refractivity contribution in [1.82, 2.24) is 5.32 Å². The fourth-order valence-corrected chi connectivity index (χ4v) is 2.15. The molecule has 0 unspecified atom stereocenters. The molecule has 1 amide bonds. The highest BCUT2D eigenvalue weighted by atomic mass is 35.5. The van der Waals surface area contributed by atoms with Crippen LogP contribution in [-0.4, -0.2) is 18.1 Å². The van der Waals surface area contributed by atoms with E-state index in [1.54, 1.807) is 31.4 Å². The quantitative estimate of drug-likeness (QED) is 0.841. The van der Waals surface area contributed by atoms with E-state index >= 15 is 0 Å². The van der Waals surface area contributed by atoms with E-state index in [4.69, 9.17) is 28.6 Å². The largest absolute Gasteiger partial charge is 0.497 e. The number of carbonyl (C=O) groups excluding carboxylic acids is 1. The topological polar surface area (TPSA) is 50.4 Å². The van der Waals surface area contributed by atoms with E-state index in [9.17, 15) is 4.79 Å². The SMILES string of the molecule is COc1ccc(NC(=S)NC(=O)Cc2ccc(Cl)cc2)cc1. The minimum absolute atomic E-state index is 0.187. The molecule has 0 heterocycles. The van der Waals surface area contributed by atoms with E-state index in [2.05, 4.69) is 10.6 Å². The summed E-state index contributed by atoms with van der Waals surface area (Å²) >= 11 is 10.9. The lowest BCUT2D eigenvalue weighted by atomic mass is 10.1. The van der Waals surface area contributed by atoms with Crippen molar-refractivity contribution < 1.29 is 9.53 Å². The molecule has 4 nitrogen and oxygen atoms in total. The third-order valence-corrected chi connectivity index (χ3v) is 3.33. The lowest BCUT2D eigenvalue weighted by molar-refractivity contribution is -0.119. The van der Waals surface area contributed by atoms with Gasteiger partial charge in [0.05, 0.1) is 13.5 Å². The highest BCUT2D eigenvalue weighted by Gasteiger charge is 2.06. The Morgan fingerprint density at radius 1 is 1.14 bits per heavy atom. The van der Waals surface area contributed by atoms with Crippen LogP contribution in [-0.2, 0) is 11.2 Å². The summed E-state index contributed by atoms with van der Waals surface area (Å²) in [5.41, 5.74) is 1.65. The standard InChI is InChI=1S/C16H15ClN2O2S/c1-21-14-8-6-13(7-9-14)18-16(22)19-15(20)10-11-2-4-12(17)5-3-11/h2-9H,10H2,1H3,(H2,18,19,20,22). The number of hydrogen-bond acceptors (Lipinski definition) is 3. The number of hydrogen-bond donors (Lipinski definition) is 2. The molecule has 0 radical (unpaired) electrons. The number of methoxy groups -OCH3 is 1. The number of benzene rings is 2. The van der Waals surface area contributed by atoms with Gasteiger partial charge >= 0.3 is 0 Å². The van der Waals surface area contributed by atoms with E-state index in [0.29, 0.717) is 5.02 Å². The molecule has 2 aromatic rings. The van der Waals surface area contributed by atoms with E-state index < -0.39 is 0 Å². The smallest absolute Gasteiger partial charge is 0.230 e. The molecule has 2 N–H and O–H groups in total. The maximum absolute atomic E-state index is 11.9. The fourth-order valence-electron chi connectivity index (χ4n) is 1.80. The van der Waals surface area contributed by atoms with Crippen LogP contribution in [0, 0.1) is 0 Å². The summed E-state index contributed by atoms with van der Waals surface area (Å²) in [7, 11) is 1.60. The van der Waals surface area contributed by atoms with Gasteiger partial charge in [-0.3, -0.25) is 4.79 Å². The maximum atomic E-state index is 11.9. The van der Waals surface area contributed by atoms with Crippen LogP contribution < -0.4 is 15.4 Å². The first-order valence-corrected chi connectivity index (χ1v) is 7.35. The van der Waals surface area contributed by atoms with Crippen molar-refractivity contribution in [1.29, 1.82) is 0 Å². The molecule has 114 valence electrons. The summed E-state index contributed by atoms with van der Waals surface area (Å²) in [6.45, 7) is 0. The van der Waals surface area contributed by atoms with Crippen molar-refractivity contribution in [2.75, 3.05) is 12.4 Å². The average molecular weight is 335 g/mol. The number of anilines is 1. The first kappa shape index (κ1) is 16.3. The second kappa shape index (κ2) is 7.77. The molecular formula is C16H15ClN2O2S. The second-order valence-electron chi connectivity index (χ2n) is 4.53. The van der Waals surface area contributed by atoms with Gasteiger partial charge in [0, 0.05) is 10.7 Å². The molecule has 0 fully saturated rings. The minimum atomic E-state index is -0.187. The zero-order valence-electron chi connectivity index (χ0n) is 11.9. The van der Waals surface area contributed by atoms with Gasteiger partial charge in [0.2, 0.25) is 5.91 Å². The molecule has 0 spiro atoms. The first-order chi connectivity index (χ1) is 10.6. The van der Waals surface area contributed by atoms with Crippen molar-refractivity contribution >= 4 is 40.5 Å². The normalized spacial score (nSPS) is 9.91. The third kappa shape index (κ3) is 5.02. The van der Waals surface area contributed by atoms with Crippen LogP contribution in [0.25, 0.3) is 0 Å². The fraction of sp³-hybridized carbons (Fsp3) is 0.125. The van der Waals surface area contributed by atoms with Crippen LogP contribution in [0.2, 0.25) is 5.02 Å². The average Bonchev–Trinajstić information content (AvgIpc) is 2.50. The van der Waals surface area contributed by atoms with Gasteiger partial charge in [0.1, 0.15) is 5.75 Å². The summed E-state index contributed by atoms with van der Waals surface area (Å²) < 4.78 is 5.07. The van der Waals surface area contributed by atoms with E-state index in [1.165, 1.54) is 0 Å². The van der Waals surface area contributed by atoms with Gasteiger partial charge in [-0.25, -0.2) is 0 Å². The van der Waals surface area contributed by atoms with Crippen molar-refractivity contribution in [2.45, 2.75) is 6.42 Å². The molecule has 2 aromatic carbocycles. The van der Waals surface area contributed by atoms with Crippen molar-refractivity contribution in [3.05, 3.63) is 59.1 Å². The monoisotopic (exact) mass is 334 g/mol. The molecule has 0 aliphatic carbocycles. The van der Waals surface area contributed by atoms with Gasteiger partial charge < -0.3 is 15.4 Å². The molecular weight excluding hydrogens is 320 g/mol. The molecule has 22 heavy (non-hydrogen) atoms. The van der Waals surface area contributed by atoms with Gasteiger partial charge in [-0.05, 0) is 54.2 Å². The summed E-state index contributed by atoms with van der Waals surface area (Å²) in [6, 6.07) is 14.4. The van der Waals surface area contributed by atoms with Gasteiger partial charge in [0.25, 0.3) is 0 Å². The number of ether oxygens (including phenoxy) is 1. The number of rotatable bonds is 4. The van der Waals surface area contributed by atoms with Gasteiger partial charge in [-0.2, -0.15) is 0 Å². The van der Waals surface area contributed by atoms with E-state index in [0.717, 1.165) is 17.0 Å². The lowest BCUT2D eigenvalue weighted by Gasteiger charge is -2.10. The highest BCUT2D eigenvalue weighted by Crippen LogP contribution is 2.15. The second-order valence-corrected chi connectivity index (χ2v) is 5.38. The predicted molar refractivity (Wildman–Crippen MR) is 92.5 cm³/mol. The first-order valence-electron chi connectivity index (χ1n) is 6.56. The zero-order chi connectivity index (χ0) is 15.9. The molecule has 2 rings (SSSR count). The highest BCUT2D eigenvalue weighted by molar-refractivity contribution is 7.80. The Morgan fingerprint density at radius 2 is 1.77 bits per heavy atom. The van der Waals surface area contributed by atoms with Crippen molar-refractivity contribution in [2.24, 2.45) is 0 Å². The Morgan fingerprint density at radius 3 is 2.36 bits per heavy atom. The summed E-state index contributed by atoms with van der Waals surface area (Å²) in [5.74, 6) is 0.566. The number of amides is 1. The molecule has 6 heteroatoms. The number of carbonyl (C=O) groups is 1. The third-order valence-electron chi connectivity index (χ3n) is 2.88. The van der Waals surface area contributed by atoms with E-state index in [-0.39, 0.29) is 17.4 Å². The number of nitrogens with one attached hydrogen (secondary N) is 2. The maximum Gasteiger partial charge on any atom is 0.230 e. The Balaban J connectivity index is 1.85. The molecule has 0 atom stereocenters.